The second-order valence-corrected chi connectivity index (χ2v) is 8.39. The Morgan fingerprint density at radius 1 is 1.23 bits per heavy atom. The van der Waals surface area contributed by atoms with E-state index >= 15 is 0 Å². The highest BCUT2D eigenvalue weighted by Gasteiger charge is 2.18. The van der Waals surface area contributed by atoms with E-state index in [1.54, 1.807) is 0 Å². The van der Waals surface area contributed by atoms with Gasteiger partial charge in [0.2, 0.25) is 5.91 Å². The normalized spacial score (nSPS) is 16.2. The van der Waals surface area contributed by atoms with Crippen molar-refractivity contribution in [3.05, 3.63) is 58.5 Å². The van der Waals surface area contributed by atoms with Gasteiger partial charge >= 0.3 is 0 Å². The van der Waals surface area contributed by atoms with Gasteiger partial charge < -0.3 is 20.4 Å². The van der Waals surface area contributed by atoms with E-state index in [1.165, 1.54) is 16.7 Å². The van der Waals surface area contributed by atoms with Crippen LogP contribution in [-0.4, -0.2) is 27.9 Å². The van der Waals surface area contributed by atoms with E-state index in [1.807, 2.05) is 19.2 Å². The van der Waals surface area contributed by atoms with Crippen LogP contribution < -0.4 is 16.0 Å². The quantitative estimate of drug-likeness (QED) is 0.573. The Morgan fingerprint density at radius 3 is 2.70 bits per heavy atom. The van der Waals surface area contributed by atoms with Gasteiger partial charge in [0, 0.05) is 30.9 Å². The first kappa shape index (κ1) is 20.4. The van der Waals surface area contributed by atoms with Gasteiger partial charge in [-0.2, -0.15) is 0 Å². The topological polar surface area (TPSA) is 70.5 Å². The molecule has 1 atom stereocenters. The second kappa shape index (κ2) is 8.48. The van der Waals surface area contributed by atoms with E-state index < -0.39 is 0 Å². The van der Waals surface area contributed by atoms with Crippen LogP contribution in [0.3, 0.4) is 0 Å². The summed E-state index contributed by atoms with van der Waals surface area (Å²) in [4.78, 5) is 17.3. The number of carbonyl (C=O) groups is 1. The third-order valence-corrected chi connectivity index (χ3v) is 6.17. The number of nitrogens with zero attached hydrogens (tertiary/aromatic N) is 2. The van der Waals surface area contributed by atoms with Gasteiger partial charge in [-0.1, -0.05) is 18.2 Å². The monoisotopic (exact) mass is 405 g/mol. The number of rotatable bonds is 6. The molecule has 1 fully saturated rings. The van der Waals surface area contributed by atoms with Crippen LogP contribution in [0.15, 0.2) is 30.5 Å². The van der Waals surface area contributed by atoms with E-state index in [0.717, 1.165) is 47.8 Å². The molecular formula is C24H31N5O. The van der Waals surface area contributed by atoms with Gasteiger partial charge in [0.1, 0.15) is 0 Å². The fourth-order valence-corrected chi connectivity index (χ4v) is 4.25. The molecule has 6 nitrogen and oxygen atoms in total. The highest BCUT2D eigenvalue weighted by atomic mass is 16.1. The van der Waals surface area contributed by atoms with Gasteiger partial charge in [0.15, 0.2) is 5.65 Å². The summed E-state index contributed by atoms with van der Waals surface area (Å²) < 4.78 is 2.06. The zero-order chi connectivity index (χ0) is 21.3. The standard InChI is InChI=1S/C24H31N5O/c1-15-7-5-8-16(2)21(15)13-26-22-11-20(14-29-18(4)17(3)27-24(22)29)28-23(30)12-19-9-6-10-25-19/h5,7-8,11,14,19,25-26H,6,9-10,12-13H2,1-4H3,(H,28,30)/t19-/m0/s1. The van der Waals surface area contributed by atoms with Crippen molar-refractivity contribution in [3.63, 3.8) is 0 Å². The Balaban J connectivity index is 1.60. The molecule has 3 N–H and O–H groups in total. The van der Waals surface area contributed by atoms with Crippen molar-refractivity contribution in [2.75, 3.05) is 17.2 Å². The van der Waals surface area contributed by atoms with Crippen LogP contribution in [0.2, 0.25) is 0 Å². The first-order valence-corrected chi connectivity index (χ1v) is 10.7. The zero-order valence-corrected chi connectivity index (χ0v) is 18.3. The molecule has 0 unspecified atom stereocenters. The summed E-state index contributed by atoms with van der Waals surface area (Å²) in [6.07, 6.45) is 4.68. The van der Waals surface area contributed by atoms with Crippen molar-refractivity contribution in [1.82, 2.24) is 14.7 Å². The van der Waals surface area contributed by atoms with Crippen LogP contribution in [-0.2, 0) is 11.3 Å². The van der Waals surface area contributed by atoms with E-state index in [-0.39, 0.29) is 11.9 Å². The lowest BCUT2D eigenvalue weighted by molar-refractivity contribution is -0.116. The molecule has 0 spiro atoms. The van der Waals surface area contributed by atoms with Crippen molar-refractivity contribution in [3.8, 4) is 0 Å². The van der Waals surface area contributed by atoms with Gasteiger partial charge in [-0.3, -0.25) is 4.79 Å². The smallest absolute Gasteiger partial charge is 0.225 e. The fraction of sp³-hybridized carbons (Fsp3) is 0.417. The van der Waals surface area contributed by atoms with Gasteiger partial charge in [-0.15, -0.1) is 0 Å². The zero-order valence-electron chi connectivity index (χ0n) is 18.3. The van der Waals surface area contributed by atoms with Gasteiger partial charge in [-0.25, -0.2) is 4.98 Å². The number of aryl methyl sites for hydroxylation is 4. The molecule has 0 bridgehead atoms. The minimum atomic E-state index is 0.0453. The Labute approximate surface area is 178 Å². The first-order chi connectivity index (χ1) is 14.4. The van der Waals surface area contributed by atoms with Crippen LogP contribution in [0.25, 0.3) is 5.65 Å². The molecule has 0 aliphatic carbocycles. The van der Waals surface area contributed by atoms with E-state index in [0.29, 0.717) is 13.0 Å². The third kappa shape index (κ3) is 4.19. The molecule has 1 aliphatic heterocycles. The Morgan fingerprint density at radius 2 is 2.00 bits per heavy atom. The molecule has 158 valence electrons. The number of hydrogen-bond donors (Lipinski definition) is 3. The molecule has 0 saturated carbocycles. The first-order valence-electron chi connectivity index (χ1n) is 10.7. The molecule has 3 aromatic rings. The highest BCUT2D eigenvalue weighted by Crippen LogP contribution is 2.26. The fourth-order valence-electron chi connectivity index (χ4n) is 4.25. The lowest BCUT2D eigenvalue weighted by Gasteiger charge is -2.15. The van der Waals surface area contributed by atoms with Crippen molar-refractivity contribution in [2.24, 2.45) is 0 Å². The number of pyridine rings is 1. The minimum Gasteiger partial charge on any atom is -0.378 e. The number of benzene rings is 1. The summed E-state index contributed by atoms with van der Waals surface area (Å²) in [5, 5.41) is 10.0. The maximum atomic E-state index is 12.6. The van der Waals surface area contributed by atoms with Crippen LogP contribution in [0.5, 0.6) is 0 Å². The lowest BCUT2D eigenvalue weighted by Crippen LogP contribution is -2.27. The summed E-state index contributed by atoms with van der Waals surface area (Å²) in [5.74, 6) is 0.0453. The predicted molar refractivity (Wildman–Crippen MR) is 122 cm³/mol. The molecule has 1 saturated heterocycles. The second-order valence-electron chi connectivity index (χ2n) is 8.39. The van der Waals surface area contributed by atoms with Gasteiger partial charge in [0.05, 0.1) is 17.1 Å². The number of hydrogen-bond acceptors (Lipinski definition) is 4. The number of amides is 1. The van der Waals surface area contributed by atoms with Crippen molar-refractivity contribution < 1.29 is 4.79 Å². The average molecular weight is 406 g/mol. The molecule has 4 rings (SSSR count). The molecule has 1 amide bonds. The van der Waals surface area contributed by atoms with E-state index in [9.17, 15) is 4.79 Å². The summed E-state index contributed by atoms with van der Waals surface area (Å²) in [6.45, 7) is 10.1. The Hall–Kier alpha value is -2.86. The van der Waals surface area contributed by atoms with Crippen LogP contribution in [0.1, 0.15) is 47.3 Å². The van der Waals surface area contributed by atoms with Gasteiger partial charge in [0.25, 0.3) is 0 Å². The molecule has 3 heterocycles. The minimum absolute atomic E-state index is 0.0453. The largest absolute Gasteiger partial charge is 0.378 e. The predicted octanol–water partition coefficient (Wildman–Crippen LogP) is 4.26. The number of aromatic nitrogens is 2. The molecular weight excluding hydrogens is 374 g/mol. The molecule has 6 heteroatoms. The average Bonchev–Trinajstić information content (AvgIpc) is 3.30. The number of fused-ring (bicyclic) bond motifs is 1. The maximum Gasteiger partial charge on any atom is 0.225 e. The molecule has 2 aromatic heterocycles. The number of anilines is 2. The Bertz CT molecular complexity index is 1060. The van der Waals surface area contributed by atoms with Crippen molar-refractivity contribution in [1.29, 1.82) is 0 Å². The van der Waals surface area contributed by atoms with Crippen LogP contribution in [0.4, 0.5) is 11.4 Å². The molecule has 1 aliphatic rings. The molecule has 30 heavy (non-hydrogen) atoms. The van der Waals surface area contributed by atoms with Crippen molar-refractivity contribution >= 4 is 22.9 Å². The highest BCUT2D eigenvalue weighted by molar-refractivity contribution is 5.92. The number of imidazole rings is 1. The summed E-state index contributed by atoms with van der Waals surface area (Å²) >= 11 is 0. The van der Waals surface area contributed by atoms with Crippen LogP contribution >= 0.6 is 0 Å². The summed E-state index contributed by atoms with van der Waals surface area (Å²) in [6, 6.07) is 8.64. The number of carbonyl (C=O) groups excluding carboxylic acids is 1. The van der Waals surface area contributed by atoms with E-state index in [4.69, 9.17) is 4.98 Å². The van der Waals surface area contributed by atoms with E-state index in [2.05, 4.69) is 59.3 Å². The molecule has 0 radical (unpaired) electrons. The lowest BCUT2D eigenvalue weighted by atomic mass is 10.0. The Kier molecular flexibility index (Phi) is 5.77. The SMILES string of the molecule is Cc1cccc(C)c1CNc1cc(NC(=O)C[C@@H]2CCCN2)cn2c(C)c(C)nc12. The number of nitrogens with one attached hydrogen (secondary N) is 3. The van der Waals surface area contributed by atoms with Crippen LogP contribution in [0, 0.1) is 27.7 Å². The van der Waals surface area contributed by atoms with Crippen molar-refractivity contribution in [2.45, 2.75) is 59.5 Å². The third-order valence-electron chi connectivity index (χ3n) is 6.17. The maximum absolute atomic E-state index is 12.6. The summed E-state index contributed by atoms with van der Waals surface area (Å²) in [5.41, 5.74) is 8.48. The molecule has 1 aromatic carbocycles. The summed E-state index contributed by atoms with van der Waals surface area (Å²) in [7, 11) is 0. The van der Waals surface area contributed by atoms with Gasteiger partial charge in [-0.05, 0) is 69.8 Å².